The van der Waals surface area contributed by atoms with E-state index in [0.29, 0.717) is 32.4 Å². The number of rotatable bonds is 1. The Morgan fingerprint density at radius 2 is 2.00 bits per heavy atom. The van der Waals surface area contributed by atoms with E-state index in [4.69, 9.17) is 28.9 Å². The molecule has 1 aromatic carbocycles. The summed E-state index contributed by atoms with van der Waals surface area (Å²) in [5.41, 5.74) is 9.22. The van der Waals surface area contributed by atoms with E-state index in [2.05, 4.69) is 18.7 Å². The highest BCUT2D eigenvalue weighted by atomic mass is 35.5. The van der Waals surface area contributed by atoms with E-state index in [-0.39, 0.29) is 5.95 Å². The lowest BCUT2D eigenvalue weighted by Gasteiger charge is -2.08. The number of hydrogen-bond donors (Lipinski definition) is 1. The predicted octanol–water partition coefficient (Wildman–Crippen LogP) is 3.31. The molecule has 0 aliphatic rings. The van der Waals surface area contributed by atoms with Crippen LogP contribution in [-0.4, -0.2) is 23.3 Å². The van der Waals surface area contributed by atoms with Gasteiger partial charge in [0.1, 0.15) is 16.6 Å². The zero-order valence-corrected chi connectivity index (χ0v) is 12.6. The number of fused-ring (bicyclic) bond motifs is 2. The van der Waals surface area contributed by atoms with Gasteiger partial charge in [-0.3, -0.25) is 4.57 Å². The Morgan fingerprint density at radius 3 is 2.86 bits per heavy atom. The lowest BCUT2D eigenvalue weighted by molar-refractivity contribution is 1.09. The van der Waals surface area contributed by atoms with Crippen LogP contribution in [0.5, 0.6) is 0 Å². The third kappa shape index (κ3) is 1.85. The predicted molar refractivity (Wildman–Crippen MR) is 84.3 cm³/mol. The maximum atomic E-state index is 6.33. The number of aromatic nitrogens is 5. The van der Waals surface area contributed by atoms with Crippen LogP contribution in [0.1, 0.15) is 0 Å². The zero-order chi connectivity index (χ0) is 14.6. The first-order valence-corrected chi connectivity index (χ1v) is 7.34. The largest absolute Gasteiger partial charge is 0.369 e. The fourth-order valence-corrected chi connectivity index (χ4v) is 3.13. The third-order valence-electron chi connectivity index (χ3n) is 3.07. The first kappa shape index (κ1) is 12.8. The standard InChI is InChI=1S/C12H6Cl2N6S/c13-5-3-8-11(16-4-5)20(12(15)17-8)10-6(14)1-2-7-9(10)19-21-18-7/h1-4H,(H2,15,17). The molecule has 0 amide bonds. The molecule has 0 aliphatic carbocycles. The van der Waals surface area contributed by atoms with Crippen molar-refractivity contribution in [2.75, 3.05) is 5.73 Å². The first-order chi connectivity index (χ1) is 10.1. The Hall–Kier alpha value is -1.96. The molecule has 0 unspecified atom stereocenters. The van der Waals surface area contributed by atoms with Gasteiger partial charge < -0.3 is 5.73 Å². The second kappa shape index (κ2) is 4.52. The van der Waals surface area contributed by atoms with E-state index in [1.165, 1.54) is 6.20 Å². The van der Waals surface area contributed by atoms with Crippen LogP contribution < -0.4 is 5.73 Å². The van der Waals surface area contributed by atoms with Crippen LogP contribution in [0.25, 0.3) is 27.9 Å². The lowest BCUT2D eigenvalue weighted by Crippen LogP contribution is -2.03. The summed E-state index contributed by atoms with van der Waals surface area (Å²) in [5.74, 6) is 0.266. The van der Waals surface area contributed by atoms with Crippen LogP contribution in [-0.2, 0) is 0 Å². The number of hydrogen-bond acceptors (Lipinski definition) is 6. The number of nitrogen functional groups attached to an aromatic ring is 1. The number of nitrogens with zero attached hydrogens (tertiary/aromatic N) is 5. The van der Waals surface area contributed by atoms with Crippen molar-refractivity contribution < 1.29 is 0 Å². The van der Waals surface area contributed by atoms with Crippen LogP contribution in [0.15, 0.2) is 24.4 Å². The lowest BCUT2D eigenvalue weighted by atomic mass is 10.2. The van der Waals surface area contributed by atoms with E-state index >= 15 is 0 Å². The van der Waals surface area contributed by atoms with Gasteiger partial charge in [0.15, 0.2) is 5.65 Å². The molecule has 0 aliphatic heterocycles. The van der Waals surface area contributed by atoms with Crippen molar-refractivity contribution in [3.63, 3.8) is 0 Å². The molecule has 0 radical (unpaired) electrons. The van der Waals surface area contributed by atoms with E-state index in [1.54, 1.807) is 16.7 Å². The Bertz CT molecular complexity index is 992. The molecule has 4 aromatic rings. The maximum absolute atomic E-state index is 6.33. The van der Waals surface area contributed by atoms with Gasteiger partial charge in [0, 0.05) is 6.20 Å². The van der Waals surface area contributed by atoms with Crippen molar-refractivity contribution in [1.82, 2.24) is 23.3 Å². The first-order valence-electron chi connectivity index (χ1n) is 5.86. The Morgan fingerprint density at radius 1 is 1.14 bits per heavy atom. The van der Waals surface area contributed by atoms with Gasteiger partial charge in [0.05, 0.1) is 27.5 Å². The van der Waals surface area contributed by atoms with Gasteiger partial charge in [-0.15, -0.1) is 0 Å². The molecule has 0 bridgehead atoms. The van der Waals surface area contributed by atoms with E-state index < -0.39 is 0 Å². The summed E-state index contributed by atoms with van der Waals surface area (Å²) in [7, 11) is 0. The quantitative estimate of drug-likeness (QED) is 0.576. The topological polar surface area (TPSA) is 82.5 Å². The average molecular weight is 337 g/mol. The molecular weight excluding hydrogens is 331 g/mol. The minimum Gasteiger partial charge on any atom is -0.369 e. The smallest absolute Gasteiger partial charge is 0.207 e. The fourth-order valence-electron chi connectivity index (χ4n) is 2.20. The second-order valence-corrected chi connectivity index (χ2v) is 5.70. The SMILES string of the molecule is Nc1nc2cc(Cl)cnc2n1-c1c(Cl)ccc2nsnc12. The molecule has 3 heterocycles. The highest BCUT2D eigenvalue weighted by Crippen LogP contribution is 2.33. The molecule has 0 spiro atoms. The van der Waals surface area contributed by atoms with E-state index in [9.17, 15) is 0 Å². The molecule has 0 saturated heterocycles. The molecule has 6 nitrogen and oxygen atoms in total. The summed E-state index contributed by atoms with van der Waals surface area (Å²) in [6, 6.07) is 5.26. The van der Waals surface area contributed by atoms with E-state index in [0.717, 1.165) is 17.2 Å². The second-order valence-electron chi connectivity index (χ2n) is 4.33. The van der Waals surface area contributed by atoms with Crippen LogP contribution in [0, 0.1) is 0 Å². The zero-order valence-electron chi connectivity index (χ0n) is 10.3. The Kier molecular flexibility index (Phi) is 2.75. The van der Waals surface area contributed by atoms with Gasteiger partial charge in [0.2, 0.25) is 5.95 Å². The summed E-state index contributed by atoms with van der Waals surface area (Å²) in [6.45, 7) is 0. The van der Waals surface area contributed by atoms with Crippen molar-refractivity contribution in [1.29, 1.82) is 0 Å². The molecule has 9 heteroatoms. The van der Waals surface area contributed by atoms with Gasteiger partial charge in [-0.2, -0.15) is 8.75 Å². The molecule has 0 atom stereocenters. The van der Waals surface area contributed by atoms with Crippen molar-refractivity contribution in [3.05, 3.63) is 34.4 Å². The van der Waals surface area contributed by atoms with Gasteiger partial charge >= 0.3 is 0 Å². The molecule has 0 saturated carbocycles. The normalized spacial score (nSPS) is 11.5. The highest BCUT2D eigenvalue weighted by Gasteiger charge is 2.18. The summed E-state index contributed by atoms with van der Waals surface area (Å²) in [6.07, 6.45) is 1.54. The molecule has 4 rings (SSSR count). The average Bonchev–Trinajstić information content (AvgIpc) is 3.02. The Balaban J connectivity index is 2.16. The van der Waals surface area contributed by atoms with Gasteiger partial charge in [-0.25, -0.2) is 9.97 Å². The van der Waals surface area contributed by atoms with Crippen LogP contribution in [0.4, 0.5) is 5.95 Å². The van der Waals surface area contributed by atoms with Gasteiger partial charge in [0.25, 0.3) is 0 Å². The number of halogens is 2. The van der Waals surface area contributed by atoms with Crippen LogP contribution in [0.3, 0.4) is 0 Å². The summed E-state index contributed by atoms with van der Waals surface area (Å²) in [5, 5.41) is 0.990. The summed E-state index contributed by atoms with van der Waals surface area (Å²) in [4.78, 5) is 8.57. The van der Waals surface area contributed by atoms with Crippen molar-refractivity contribution >= 4 is 63.1 Å². The van der Waals surface area contributed by atoms with Crippen LogP contribution >= 0.6 is 34.9 Å². The maximum Gasteiger partial charge on any atom is 0.207 e. The van der Waals surface area contributed by atoms with Gasteiger partial charge in [-0.1, -0.05) is 23.2 Å². The monoisotopic (exact) mass is 336 g/mol. The van der Waals surface area contributed by atoms with Crippen LogP contribution in [0.2, 0.25) is 10.0 Å². The van der Waals surface area contributed by atoms with E-state index in [1.807, 2.05) is 6.07 Å². The number of anilines is 1. The summed E-state index contributed by atoms with van der Waals surface area (Å²) < 4.78 is 10.2. The highest BCUT2D eigenvalue weighted by molar-refractivity contribution is 7.00. The minimum absolute atomic E-state index is 0.266. The number of pyridine rings is 1. The van der Waals surface area contributed by atoms with Gasteiger partial charge in [-0.05, 0) is 18.2 Å². The minimum atomic E-state index is 0.266. The molecular formula is C12H6Cl2N6S. The molecule has 2 N–H and O–H groups in total. The molecule has 21 heavy (non-hydrogen) atoms. The fraction of sp³-hybridized carbons (Fsp3) is 0. The number of benzene rings is 1. The number of imidazole rings is 1. The van der Waals surface area contributed by atoms with Crippen molar-refractivity contribution in [2.45, 2.75) is 0 Å². The van der Waals surface area contributed by atoms with Crippen molar-refractivity contribution in [2.24, 2.45) is 0 Å². The number of nitrogens with two attached hydrogens (primary N) is 1. The molecule has 0 fully saturated rings. The molecule has 104 valence electrons. The summed E-state index contributed by atoms with van der Waals surface area (Å²) >= 11 is 13.4. The Labute approximate surface area is 132 Å². The molecule has 3 aromatic heterocycles. The third-order valence-corrected chi connectivity index (χ3v) is 4.12. The van der Waals surface area contributed by atoms with Crippen molar-refractivity contribution in [3.8, 4) is 5.69 Å².